The van der Waals surface area contributed by atoms with E-state index in [2.05, 4.69) is 50.5 Å². The second kappa shape index (κ2) is 6.68. The molecule has 3 aromatic rings. The first-order chi connectivity index (χ1) is 10.9. The summed E-state index contributed by atoms with van der Waals surface area (Å²) in [5.41, 5.74) is 2.76. The standard InChI is InChI=1S/C17H13I2NO3/c1-9-4-16(21)23-15-7-12(2-3-13(9)15)20-8-10-5-11(18)6-14(19)17(10)22/h2-7,20,22H,8H2,1H3. The third-order valence-corrected chi connectivity index (χ3v) is 4.99. The van der Waals surface area contributed by atoms with Crippen LogP contribution in [0.1, 0.15) is 11.1 Å². The molecule has 118 valence electrons. The monoisotopic (exact) mass is 533 g/mol. The second-order valence-electron chi connectivity index (χ2n) is 5.21. The van der Waals surface area contributed by atoms with Gasteiger partial charge in [-0.05, 0) is 81.9 Å². The van der Waals surface area contributed by atoms with Gasteiger partial charge in [0, 0.05) is 38.9 Å². The average molecular weight is 533 g/mol. The summed E-state index contributed by atoms with van der Waals surface area (Å²) in [5, 5.41) is 14.3. The Labute approximate surface area is 160 Å². The van der Waals surface area contributed by atoms with Crippen molar-refractivity contribution in [2.45, 2.75) is 13.5 Å². The summed E-state index contributed by atoms with van der Waals surface area (Å²) in [7, 11) is 0. The number of aryl methyl sites for hydroxylation is 1. The molecule has 0 spiro atoms. The van der Waals surface area contributed by atoms with Crippen molar-refractivity contribution < 1.29 is 9.52 Å². The van der Waals surface area contributed by atoms with E-state index >= 15 is 0 Å². The lowest BCUT2D eigenvalue weighted by Gasteiger charge is -2.11. The number of fused-ring (bicyclic) bond motifs is 1. The minimum atomic E-state index is -0.350. The molecule has 0 aliphatic heterocycles. The number of nitrogens with one attached hydrogen (secondary N) is 1. The first-order valence-electron chi connectivity index (χ1n) is 6.89. The lowest BCUT2D eigenvalue weighted by molar-refractivity contribution is 0.465. The van der Waals surface area contributed by atoms with E-state index in [1.54, 1.807) is 6.07 Å². The Hall–Kier alpha value is -1.29. The number of phenols is 1. The lowest BCUT2D eigenvalue weighted by atomic mass is 10.1. The van der Waals surface area contributed by atoms with E-state index in [1.165, 1.54) is 6.07 Å². The van der Waals surface area contributed by atoms with Gasteiger partial charge in [0.2, 0.25) is 0 Å². The highest BCUT2D eigenvalue weighted by Crippen LogP contribution is 2.28. The Morgan fingerprint density at radius 2 is 1.96 bits per heavy atom. The Morgan fingerprint density at radius 3 is 2.74 bits per heavy atom. The summed E-state index contributed by atoms with van der Waals surface area (Å²) in [6, 6.07) is 11.0. The van der Waals surface area contributed by atoms with Crippen molar-refractivity contribution in [3.8, 4) is 5.75 Å². The van der Waals surface area contributed by atoms with Crippen LogP contribution >= 0.6 is 45.2 Å². The maximum atomic E-state index is 11.5. The normalized spacial score (nSPS) is 10.9. The van der Waals surface area contributed by atoms with Crippen molar-refractivity contribution in [3.63, 3.8) is 0 Å². The van der Waals surface area contributed by atoms with Gasteiger partial charge in [0.25, 0.3) is 0 Å². The highest BCUT2D eigenvalue weighted by Gasteiger charge is 2.08. The summed E-state index contributed by atoms with van der Waals surface area (Å²) in [6.45, 7) is 2.37. The number of phenolic OH excluding ortho intramolecular Hbond substituents is 1. The minimum Gasteiger partial charge on any atom is -0.506 e. The van der Waals surface area contributed by atoms with Crippen LogP contribution in [-0.4, -0.2) is 5.11 Å². The number of benzene rings is 2. The SMILES string of the molecule is Cc1cc(=O)oc2cc(NCc3cc(I)cc(I)c3O)ccc12. The molecule has 23 heavy (non-hydrogen) atoms. The lowest BCUT2D eigenvalue weighted by Crippen LogP contribution is -2.02. The Balaban J connectivity index is 1.89. The van der Waals surface area contributed by atoms with Gasteiger partial charge in [-0.25, -0.2) is 4.79 Å². The molecule has 1 heterocycles. The minimum absolute atomic E-state index is 0.293. The molecule has 2 N–H and O–H groups in total. The molecule has 0 saturated carbocycles. The van der Waals surface area contributed by atoms with Crippen molar-refractivity contribution in [1.29, 1.82) is 0 Å². The number of hydrogen-bond donors (Lipinski definition) is 2. The number of rotatable bonds is 3. The zero-order valence-electron chi connectivity index (χ0n) is 12.2. The van der Waals surface area contributed by atoms with E-state index in [0.717, 1.165) is 29.3 Å². The molecule has 6 heteroatoms. The van der Waals surface area contributed by atoms with Gasteiger partial charge in [0.1, 0.15) is 11.3 Å². The van der Waals surface area contributed by atoms with Crippen molar-refractivity contribution >= 4 is 61.8 Å². The maximum absolute atomic E-state index is 11.5. The van der Waals surface area contributed by atoms with Gasteiger partial charge < -0.3 is 14.8 Å². The molecule has 3 rings (SSSR count). The second-order valence-corrected chi connectivity index (χ2v) is 7.62. The van der Waals surface area contributed by atoms with Gasteiger partial charge in [-0.2, -0.15) is 0 Å². The molecule has 0 aliphatic carbocycles. The van der Waals surface area contributed by atoms with Crippen LogP contribution in [0.15, 0.2) is 45.6 Å². The fourth-order valence-electron chi connectivity index (χ4n) is 2.39. The molecule has 0 aliphatic rings. The summed E-state index contributed by atoms with van der Waals surface area (Å²) >= 11 is 4.34. The molecule has 4 nitrogen and oxygen atoms in total. The summed E-state index contributed by atoms with van der Waals surface area (Å²) in [4.78, 5) is 11.5. The molecule has 0 unspecified atom stereocenters. The highest BCUT2D eigenvalue weighted by molar-refractivity contribution is 14.1. The highest BCUT2D eigenvalue weighted by atomic mass is 127. The van der Waals surface area contributed by atoms with Crippen LogP contribution in [0, 0.1) is 14.1 Å². The first-order valence-corrected chi connectivity index (χ1v) is 9.05. The quantitative estimate of drug-likeness (QED) is 0.381. The molecule has 0 radical (unpaired) electrons. The predicted octanol–water partition coefficient (Wildman–Crippen LogP) is 4.63. The molecule has 0 bridgehead atoms. The van der Waals surface area contributed by atoms with E-state index in [1.807, 2.05) is 31.2 Å². The number of aromatic hydroxyl groups is 1. The van der Waals surface area contributed by atoms with Gasteiger partial charge in [0.15, 0.2) is 0 Å². The number of hydrogen-bond acceptors (Lipinski definition) is 4. The molecule has 0 fully saturated rings. The summed E-state index contributed by atoms with van der Waals surface area (Å²) < 4.78 is 7.15. The van der Waals surface area contributed by atoms with Crippen LogP contribution in [0.4, 0.5) is 5.69 Å². The smallest absolute Gasteiger partial charge is 0.336 e. The molecule has 1 aromatic heterocycles. The fourth-order valence-corrected chi connectivity index (χ4v) is 4.35. The van der Waals surface area contributed by atoms with Crippen molar-refractivity contribution in [2.24, 2.45) is 0 Å². The largest absolute Gasteiger partial charge is 0.506 e. The molecular weight excluding hydrogens is 520 g/mol. The van der Waals surface area contributed by atoms with Crippen LogP contribution in [0.2, 0.25) is 0 Å². The zero-order chi connectivity index (χ0) is 16.6. The molecule has 0 amide bonds. The molecular formula is C17H13I2NO3. The average Bonchev–Trinajstić information content (AvgIpc) is 2.48. The van der Waals surface area contributed by atoms with Crippen LogP contribution in [0.5, 0.6) is 5.75 Å². The summed E-state index contributed by atoms with van der Waals surface area (Å²) in [5.74, 6) is 0.293. The Kier molecular flexibility index (Phi) is 4.81. The van der Waals surface area contributed by atoms with Crippen molar-refractivity contribution in [1.82, 2.24) is 0 Å². The molecule has 0 saturated heterocycles. The van der Waals surface area contributed by atoms with E-state index in [-0.39, 0.29) is 5.63 Å². The molecule has 0 atom stereocenters. The molecule has 2 aromatic carbocycles. The van der Waals surface area contributed by atoms with Crippen LogP contribution in [0.3, 0.4) is 0 Å². The number of anilines is 1. The van der Waals surface area contributed by atoms with Gasteiger partial charge in [0.05, 0.1) is 3.57 Å². The van der Waals surface area contributed by atoms with Gasteiger partial charge in [-0.15, -0.1) is 0 Å². The summed E-state index contributed by atoms with van der Waals surface area (Å²) in [6.07, 6.45) is 0. The Bertz CT molecular complexity index is 950. The van der Waals surface area contributed by atoms with Gasteiger partial charge in [-0.1, -0.05) is 0 Å². The Morgan fingerprint density at radius 1 is 1.17 bits per heavy atom. The van der Waals surface area contributed by atoms with E-state index in [0.29, 0.717) is 17.9 Å². The van der Waals surface area contributed by atoms with Crippen LogP contribution in [0.25, 0.3) is 11.0 Å². The first kappa shape index (κ1) is 16.6. The van der Waals surface area contributed by atoms with E-state index in [9.17, 15) is 9.90 Å². The van der Waals surface area contributed by atoms with E-state index in [4.69, 9.17) is 4.42 Å². The maximum Gasteiger partial charge on any atom is 0.336 e. The van der Waals surface area contributed by atoms with Crippen molar-refractivity contribution in [3.05, 3.63) is 65.1 Å². The van der Waals surface area contributed by atoms with Gasteiger partial charge >= 0.3 is 5.63 Å². The number of halogens is 2. The fraction of sp³-hybridized carbons (Fsp3) is 0.118. The predicted molar refractivity (Wildman–Crippen MR) is 108 cm³/mol. The van der Waals surface area contributed by atoms with Crippen molar-refractivity contribution in [2.75, 3.05) is 5.32 Å². The van der Waals surface area contributed by atoms with Crippen LogP contribution in [-0.2, 0) is 6.54 Å². The zero-order valence-corrected chi connectivity index (χ0v) is 16.5. The van der Waals surface area contributed by atoms with E-state index < -0.39 is 0 Å². The topological polar surface area (TPSA) is 62.5 Å². The van der Waals surface area contributed by atoms with Crippen LogP contribution < -0.4 is 10.9 Å². The third kappa shape index (κ3) is 3.63. The third-order valence-electron chi connectivity index (χ3n) is 3.54. The van der Waals surface area contributed by atoms with Gasteiger partial charge in [-0.3, -0.25) is 0 Å².